The Labute approximate surface area is 165 Å². The smallest absolute Gasteiger partial charge is 0.337 e. The highest BCUT2D eigenvalue weighted by Gasteiger charge is 2.12. The summed E-state index contributed by atoms with van der Waals surface area (Å²) in [6.45, 7) is 0. The van der Waals surface area contributed by atoms with Crippen molar-refractivity contribution in [2.45, 2.75) is 0 Å². The molecule has 3 aromatic rings. The molecule has 0 atom stereocenters. The zero-order valence-corrected chi connectivity index (χ0v) is 15.3. The van der Waals surface area contributed by atoms with E-state index in [4.69, 9.17) is 4.42 Å². The molecule has 0 radical (unpaired) electrons. The van der Waals surface area contributed by atoms with E-state index in [2.05, 4.69) is 10.1 Å². The quantitative estimate of drug-likeness (QED) is 0.396. The number of carbonyl (C=O) groups excluding carboxylic acids is 2. The van der Waals surface area contributed by atoms with Crippen LogP contribution >= 0.6 is 0 Å². The zero-order chi connectivity index (χ0) is 20.8. The number of hydrogen-bond acceptors (Lipinski definition) is 5. The maximum atomic E-state index is 13.0. The lowest BCUT2D eigenvalue weighted by Gasteiger charge is -2.05. The maximum Gasteiger partial charge on any atom is 0.337 e. The van der Waals surface area contributed by atoms with Gasteiger partial charge < -0.3 is 14.5 Å². The standard InChI is InChI=1S/C22H15FN2O4/c1-28-22(27)15-4-8-18(9-5-15)25-21(26)16(13-24)12-19-10-11-20(29-19)14-2-6-17(23)7-3-14/h2-12H,1H3,(H,25,26)/b16-12+. The van der Waals surface area contributed by atoms with Crippen LogP contribution in [0.15, 0.2) is 70.7 Å². The van der Waals surface area contributed by atoms with Gasteiger partial charge in [-0.05, 0) is 60.7 Å². The number of esters is 1. The van der Waals surface area contributed by atoms with Crippen molar-refractivity contribution in [3.8, 4) is 17.4 Å². The summed E-state index contributed by atoms with van der Waals surface area (Å²) in [7, 11) is 1.28. The number of anilines is 1. The average Bonchev–Trinajstić information content (AvgIpc) is 3.21. The largest absolute Gasteiger partial charge is 0.465 e. The highest BCUT2D eigenvalue weighted by atomic mass is 19.1. The number of halogens is 1. The Morgan fingerprint density at radius 2 is 1.76 bits per heavy atom. The van der Waals surface area contributed by atoms with Gasteiger partial charge in [-0.2, -0.15) is 5.26 Å². The first kappa shape index (κ1) is 19.6. The van der Waals surface area contributed by atoms with Gasteiger partial charge in [0.05, 0.1) is 12.7 Å². The summed E-state index contributed by atoms with van der Waals surface area (Å²) in [5, 5.41) is 11.9. The molecule has 0 fully saturated rings. The number of nitrogens with one attached hydrogen (secondary N) is 1. The minimum Gasteiger partial charge on any atom is -0.465 e. The number of benzene rings is 2. The minimum absolute atomic E-state index is 0.165. The van der Waals surface area contributed by atoms with Crippen molar-refractivity contribution in [3.63, 3.8) is 0 Å². The van der Waals surface area contributed by atoms with Crippen molar-refractivity contribution in [1.82, 2.24) is 0 Å². The predicted molar refractivity (Wildman–Crippen MR) is 104 cm³/mol. The van der Waals surface area contributed by atoms with Gasteiger partial charge in [-0.25, -0.2) is 9.18 Å². The molecule has 3 rings (SSSR count). The van der Waals surface area contributed by atoms with Gasteiger partial charge >= 0.3 is 5.97 Å². The highest BCUT2D eigenvalue weighted by Crippen LogP contribution is 2.24. The number of nitrogens with zero attached hydrogens (tertiary/aromatic N) is 1. The number of ether oxygens (including phenoxy) is 1. The normalized spacial score (nSPS) is 10.9. The Kier molecular flexibility index (Phi) is 5.85. The molecular weight excluding hydrogens is 375 g/mol. The topological polar surface area (TPSA) is 92.3 Å². The van der Waals surface area contributed by atoms with Crippen LogP contribution in [0.3, 0.4) is 0 Å². The monoisotopic (exact) mass is 390 g/mol. The third kappa shape index (κ3) is 4.76. The molecule has 1 heterocycles. The van der Waals surface area contributed by atoms with Gasteiger partial charge in [0.2, 0.25) is 0 Å². The first-order valence-corrected chi connectivity index (χ1v) is 8.47. The van der Waals surface area contributed by atoms with Gasteiger partial charge in [-0.15, -0.1) is 0 Å². The zero-order valence-electron chi connectivity index (χ0n) is 15.3. The molecule has 0 bridgehead atoms. The summed E-state index contributed by atoms with van der Waals surface area (Å²) < 4.78 is 23.3. The molecule has 1 N–H and O–H groups in total. The summed E-state index contributed by atoms with van der Waals surface area (Å²) in [4.78, 5) is 23.8. The van der Waals surface area contributed by atoms with Crippen LogP contribution in [0.25, 0.3) is 17.4 Å². The molecule has 1 aromatic heterocycles. The molecule has 7 heteroatoms. The molecule has 0 aliphatic rings. The molecule has 6 nitrogen and oxygen atoms in total. The van der Waals surface area contributed by atoms with Crippen molar-refractivity contribution in [2.75, 3.05) is 12.4 Å². The molecule has 0 saturated heterocycles. The average molecular weight is 390 g/mol. The number of furan rings is 1. The lowest BCUT2D eigenvalue weighted by Crippen LogP contribution is -2.13. The molecule has 0 aliphatic carbocycles. The van der Waals surface area contributed by atoms with E-state index < -0.39 is 11.9 Å². The van der Waals surface area contributed by atoms with E-state index in [1.54, 1.807) is 24.3 Å². The first-order valence-electron chi connectivity index (χ1n) is 8.47. The van der Waals surface area contributed by atoms with E-state index in [0.717, 1.165) is 0 Å². The highest BCUT2D eigenvalue weighted by molar-refractivity contribution is 6.09. The number of rotatable bonds is 5. The molecular formula is C22H15FN2O4. The Morgan fingerprint density at radius 1 is 1.07 bits per heavy atom. The van der Waals surface area contributed by atoms with E-state index >= 15 is 0 Å². The second-order valence-electron chi connectivity index (χ2n) is 5.90. The Morgan fingerprint density at radius 3 is 2.38 bits per heavy atom. The molecule has 1 amide bonds. The number of hydrogen-bond donors (Lipinski definition) is 1. The summed E-state index contributed by atoms with van der Waals surface area (Å²) in [5.41, 5.74) is 1.25. The second-order valence-corrected chi connectivity index (χ2v) is 5.90. The van der Waals surface area contributed by atoms with Crippen LogP contribution in [-0.2, 0) is 9.53 Å². The second kappa shape index (κ2) is 8.67. The maximum absolute atomic E-state index is 13.0. The predicted octanol–water partition coefficient (Wildman–Crippen LogP) is 4.42. The number of amides is 1. The summed E-state index contributed by atoms with van der Waals surface area (Å²) in [6, 6.07) is 16.9. The van der Waals surface area contributed by atoms with Gasteiger partial charge in [0, 0.05) is 17.3 Å². The number of carbonyl (C=O) groups is 2. The molecule has 2 aromatic carbocycles. The number of methoxy groups -OCH3 is 1. The van der Waals surface area contributed by atoms with E-state index in [1.807, 2.05) is 6.07 Å². The van der Waals surface area contributed by atoms with Gasteiger partial charge in [0.25, 0.3) is 5.91 Å². The van der Waals surface area contributed by atoms with Crippen LogP contribution in [0.1, 0.15) is 16.1 Å². The van der Waals surface area contributed by atoms with Crippen LogP contribution in [-0.4, -0.2) is 19.0 Å². The van der Waals surface area contributed by atoms with Gasteiger partial charge in [0.15, 0.2) is 0 Å². The lowest BCUT2D eigenvalue weighted by molar-refractivity contribution is -0.112. The van der Waals surface area contributed by atoms with Gasteiger partial charge in [-0.1, -0.05) is 0 Å². The Hall–Kier alpha value is -4.18. The Balaban J connectivity index is 1.74. The third-order valence-electron chi connectivity index (χ3n) is 3.97. The van der Waals surface area contributed by atoms with Gasteiger partial charge in [0.1, 0.15) is 29.0 Å². The van der Waals surface area contributed by atoms with Gasteiger partial charge in [-0.3, -0.25) is 4.79 Å². The summed E-state index contributed by atoms with van der Waals surface area (Å²) >= 11 is 0. The van der Waals surface area contributed by atoms with E-state index in [9.17, 15) is 19.2 Å². The summed E-state index contributed by atoms with van der Waals surface area (Å²) in [5.74, 6) is -0.693. The van der Waals surface area contributed by atoms with E-state index in [0.29, 0.717) is 28.3 Å². The SMILES string of the molecule is COC(=O)c1ccc(NC(=O)/C(C#N)=C/c2ccc(-c3ccc(F)cc3)o2)cc1. The molecule has 144 valence electrons. The fourth-order valence-corrected chi connectivity index (χ4v) is 2.50. The van der Waals surface area contributed by atoms with Crippen molar-refractivity contribution < 1.29 is 23.1 Å². The molecule has 0 unspecified atom stereocenters. The fourth-order valence-electron chi connectivity index (χ4n) is 2.50. The third-order valence-corrected chi connectivity index (χ3v) is 3.97. The van der Waals surface area contributed by atoms with Crippen molar-refractivity contribution in [1.29, 1.82) is 5.26 Å². The first-order chi connectivity index (χ1) is 14.0. The number of nitriles is 1. The minimum atomic E-state index is -0.627. The van der Waals surface area contributed by atoms with Crippen LogP contribution in [0.4, 0.5) is 10.1 Å². The lowest BCUT2D eigenvalue weighted by atomic mass is 10.2. The van der Waals surface area contributed by atoms with Crippen LogP contribution < -0.4 is 5.32 Å². The van der Waals surface area contributed by atoms with Crippen molar-refractivity contribution in [2.24, 2.45) is 0 Å². The Bertz CT molecular complexity index is 1110. The summed E-state index contributed by atoms with van der Waals surface area (Å²) in [6.07, 6.45) is 1.31. The molecule has 0 aliphatic heterocycles. The van der Waals surface area contributed by atoms with Crippen LogP contribution in [0.2, 0.25) is 0 Å². The van der Waals surface area contributed by atoms with E-state index in [-0.39, 0.29) is 11.4 Å². The van der Waals surface area contributed by atoms with Crippen molar-refractivity contribution >= 4 is 23.6 Å². The fraction of sp³-hybridized carbons (Fsp3) is 0.0455. The van der Waals surface area contributed by atoms with Crippen molar-refractivity contribution in [3.05, 3.63) is 83.4 Å². The molecule has 29 heavy (non-hydrogen) atoms. The van der Waals surface area contributed by atoms with E-state index in [1.165, 1.54) is 49.6 Å². The van der Waals surface area contributed by atoms with Crippen LogP contribution in [0.5, 0.6) is 0 Å². The molecule has 0 saturated carbocycles. The van der Waals surface area contributed by atoms with Crippen LogP contribution in [0, 0.1) is 17.1 Å². The molecule has 0 spiro atoms.